The normalized spacial score (nSPS) is 23.0. The Morgan fingerprint density at radius 1 is 0.939 bits per heavy atom. The number of hydrogen-bond donors (Lipinski definition) is 3. The lowest BCUT2D eigenvalue weighted by atomic mass is 9.91. The maximum Gasteiger partial charge on any atom is 0.249 e. The molecule has 1 heterocycles. The van der Waals surface area contributed by atoms with Crippen molar-refractivity contribution in [1.82, 2.24) is 5.32 Å². The van der Waals surface area contributed by atoms with E-state index in [1.165, 1.54) is 33.0 Å². The van der Waals surface area contributed by atoms with E-state index in [9.17, 15) is 10.2 Å². The van der Waals surface area contributed by atoms with Crippen LogP contribution in [0, 0.1) is 5.92 Å². The first-order valence-corrected chi connectivity index (χ1v) is 11.1. The van der Waals surface area contributed by atoms with Crippen LogP contribution >= 0.6 is 0 Å². The molecule has 3 N–H and O–H groups in total. The summed E-state index contributed by atoms with van der Waals surface area (Å²) in [4.78, 5) is 9.32. The number of aliphatic hydroxyl groups is 2. The second-order valence-electron chi connectivity index (χ2n) is 8.33. The lowest BCUT2D eigenvalue weighted by Gasteiger charge is -2.28. The fourth-order valence-electron chi connectivity index (χ4n) is 4.82. The van der Waals surface area contributed by atoms with Crippen molar-refractivity contribution >= 4 is 44.0 Å². The first-order valence-electron chi connectivity index (χ1n) is 11.1. The second kappa shape index (κ2) is 7.69. The molecule has 3 unspecified atom stereocenters. The lowest BCUT2D eigenvalue weighted by molar-refractivity contribution is 0.0740. The highest BCUT2D eigenvalue weighted by molar-refractivity contribution is 6.28. The lowest BCUT2D eigenvalue weighted by Crippen LogP contribution is -2.44. The van der Waals surface area contributed by atoms with Gasteiger partial charge < -0.3 is 20.3 Å². The molecule has 0 saturated heterocycles. The first-order chi connectivity index (χ1) is 16.1. The summed E-state index contributed by atoms with van der Waals surface area (Å²) in [6, 6.07) is 19.1. The van der Waals surface area contributed by atoms with Gasteiger partial charge in [0.1, 0.15) is 17.4 Å². The molecule has 33 heavy (non-hydrogen) atoms. The van der Waals surface area contributed by atoms with Crippen LogP contribution in [0.15, 0.2) is 88.6 Å². The number of aliphatic hydroxyl groups excluding tert-OH is 2. The van der Waals surface area contributed by atoms with E-state index >= 15 is 0 Å². The van der Waals surface area contributed by atoms with Crippen molar-refractivity contribution in [2.45, 2.75) is 19.4 Å². The molecule has 6 heteroatoms. The Bertz CT molecular complexity index is 1490. The highest BCUT2D eigenvalue weighted by Crippen LogP contribution is 2.36. The molecule has 4 aromatic rings. The van der Waals surface area contributed by atoms with Gasteiger partial charge in [0.15, 0.2) is 0 Å². The maximum absolute atomic E-state index is 10.5. The van der Waals surface area contributed by atoms with Gasteiger partial charge >= 0.3 is 0 Å². The summed E-state index contributed by atoms with van der Waals surface area (Å²) in [6.45, 7) is 2.36. The van der Waals surface area contributed by atoms with E-state index < -0.39 is 18.4 Å². The number of aliphatic imine (C=N–C) groups is 2. The van der Waals surface area contributed by atoms with E-state index in [2.05, 4.69) is 64.9 Å². The average molecular weight is 437 g/mol. The molecule has 3 atom stereocenters. The molecule has 164 valence electrons. The van der Waals surface area contributed by atoms with Crippen LogP contribution in [-0.4, -0.2) is 40.9 Å². The molecule has 0 bridgehead atoms. The van der Waals surface area contributed by atoms with Crippen LogP contribution in [0.4, 0.5) is 0 Å². The fraction of sp³-hybridized carbons (Fsp3) is 0.185. The topological polar surface area (TPSA) is 86.4 Å². The molecule has 0 fully saturated rings. The van der Waals surface area contributed by atoms with Gasteiger partial charge in [-0.2, -0.15) is 0 Å². The summed E-state index contributed by atoms with van der Waals surface area (Å²) in [5.74, 6) is 0.804. The van der Waals surface area contributed by atoms with E-state index in [0.717, 1.165) is 10.9 Å². The van der Waals surface area contributed by atoms with Crippen LogP contribution in [-0.2, 0) is 4.74 Å². The summed E-state index contributed by atoms with van der Waals surface area (Å²) in [5.41, 5.74) is 0.950. The van der Waals surface area contributed by atoms with Gasteiger partial charge in [-0.15, -0.1) is 0 Å². The zero-order valence-electron chi connectivity index (χ0n) is 18.1. The van der Waals surface area contributed by atoms with Gasteiger partial charge in [-0.3, -0.25) is 0 Å². The highest BCUT2D eigenvalue weighted by atomic mass is 16.5. The van der Waals surface area contributed by atoms with Gasteiger partial charge in [-0.25, -0.2) is 9.98 Å². The third kappa shape index (κ3) is 3.26. The summed E-state index contributed by atoms with van der Waals surface area (Å²) in [7, 11) is 0. The van der Waals surface area contributed by atoms with E-state index in [-0.39, 0.29) is 5.76 Å². The number of amidine groups is 2. The first kappa shape index (κ1) is 19.9. The van der Waals surface area contributed by atoms with Crippen molar-refractivity contribution in [3.05, 3.63) is 84.1 Å². The summed E-state index contributed by atoms with van der Waals surface area (Å²) in [5, 5.41) is 30.7. The maximum atomic E-state index is 10.5. The number of nitrogens with one attached hydrogen (secondary N) is 1. The molecule has 2 aliphatic rings. The molecule has 1 aliphatic heterocycles. The molecule has 0 aromatic heterocycles. The number of nitrogens with zero attached hydrogens (tertiary/aromatic N) is 2. The van der Waals surface area contributed by atoms with Crippen LogP contribution < -0.4 is 5.32 Å². The quantitative estimate of drug-likeness (QED) is 0.406. The predicted octanol–water partition coefficient (Wildman–Crippen LogP) is 4.64. The largest absolute Gasteiger partial charge is 0.508 e. The van der Waals surface area contributed by atoms with Crippen LogP contribution in [0.3, 0.4) is 0 Å². The Labute approximate surface area is 190 Å². The van der Waals surface area contributed by atoms with Crippen molar-refractivity contribution < 1.29 is 14.9 Å². The van der Waals surface area contributed by atoms with Crippen molar-refractivity contribution in [2.24, 2.45) is 15.9 Å². The molecule has 0 saturated carbocycles. The molecule has 0 spiro atoms. The van der Waals surface area contributed by atoms with E-state index in [0.29, 0.717) is 18.3 Å². The van der Waals surface area contributed by atoms with Crippen molar-refractivity contribution in [3.8, 4) is 0 Å². The molecule has 0 radical (unpaired) electrons. The molecular formula is C27H23N3O3. The van der Waals surface area contributed by atoms with Gasteiger partial charge in [-0.05, 0) is 51.4 Å². The second-order valence-corrected chi connectivity index (χ2v) is 8.33. The Kier molecular flexibility index (Phi) is 4.64. The van der Waals surface area contributed by atoms with Gasteiger partial charge in [0.25, 0.3) is 0 Å². The van der Waals surface area contributed by atoms with Crippen molar-refractivity contribution in [1.29, 1.82) is 0 Å². The molecule has 4 aromatic carbocycles. The third-order valence-electron chi connectivity index (χ3n) is 6.33. The Morgan fingerprint density at radius 3 is 2.42 bits per heavy atom. The van der Waals surface area contributed by atoms with Crippen LogP contribution in [0.1, 0.15) is 12.5 Å². The molecule has 0 amide bonds. The molecular weight excluding hydrogens is 414 g/mol. The molecule has 1 aliphatic carbocycles. The van der Waals surface area contributed by atoms with Gasteiger partial charge in [0, 0.05) is 12.2 Å². The van der Waals surface area contributed by atoms with Crippen molar-refractivity contribution in [3.63, 3.8) is 0 Å². The number of ether oxygens (including phenoxy) is 1. The zero-order chi connectivity index (χ0) is 22.5. The van der Waals surface area contributed by atoms with Crippen molar-refractivity contribution in [2.75, 3.05) is 6.61 Å². The SMILES string of the molecule is CCOC1N=C(c2ccc3ccc4cccc5ccc2c3c45)NC(C2C=CC(O)=CC2O)=N1. The Hall–Kier alpha value is -3.74. The summed E-state index contributed by atoms with van der Waals surface area (Å²) < 4.78 is 5.75. The standard InChI is InChI=1S/C27H23N3O3/c1-2-33-27-29-25(28-26(30-27)21-13-10-18(31)14-22(21)32)20-12-9-17-7-6-15-4-3-5-16-8-11-19(20)24(17)23(15)16/h3-14,21-22,27,31-32H,2H2,1H3,(H,28,29,30). The van der Waals surface area contributed by atoms with Gasteiger partial charge in [0.2, 0.25) is 6.35 Å². The summed E-state index contributed by atoms with van der Waals surface area (Å²) >= 11 is 0. The minimum absolute atomic E-state index is 0.0391. The number of benzene rings is 4. The highest BCUT2D eigenvalue weighted by Gasteiger charge is 2.29. The zero-order valence-corrected chi connectivity index (χ0v) is 18.1. The average Bonchev–Trinajstić information content (AvgIpc) is 2.82. The predicted molar refractivity (Wildman–Crippen MR) is 132 cm³/mol. The molecule has 6 rings (SSSR count). The minimum Gasteiger partial charge on any atom is -0.508 e. The summed E-state index contributed by atoms with van der Waals surface area (Å²) in [6.07, 6.45) is 3.11. The number of rotatable bonds is 4. The van der Waals surface area contributed by atoms with Crippen LogP contribution in [0.2, 0.25) is 0 Å². The molecule has 6 nitrogen and oxygen atoms in total. The van der Waals surface area contributed by atoms with Gasteiger partial charge in [0.05, 0.1) is 12.0 Å². The monoisotopic (exact) mass is 437 g/mol. The van der Waals surface area contributed by atoms with Crippen LogP contribution in [0.5, 0.6) is 0 Å². The van der Waals surface area contributed by atoms with E-state index in [4.69, 9.17) is 9.73 Å². The minimum atomic E-state index is -0.899. The van der Waals surface area contributed by atoms with E-state index in [1.807, 2.05) is 6.92 Å². The number of allylic oxidation sites excluding steroid dienone is 1. The Balaban J connectivity index is 1.49. The third-order valence-corrected chi connectivity index (χ3v) is 6.33. The number of hydrogen-bond acceptors (Lipinski definition) is 6. The van der Waals surface area contributed by atoms with Gasteiger partial charge in [-0.1, -0.05) is 60.7 Å². The van der Waals surface area contributed by atoms with Crippen LogP contribution in [0.25, 0.3) is 32.3 Å². The fourth-order valence-corrected chi connectivity index (χ4v) is 4.82. The Morgan fingerprint density at radius 2 is 1.67 bits per heavy atom. The smallest absolute Gasteiger partial charge is 0.249 e. The van der Waals surface area contributed by atoms with E-state index in [1.54, 1.807) is 12.2 Å².